The Morgan fingerprint density at radius 1 is 1.26 bits per heavy atom. The van der Waals surface area contributed by atoms with Crippen LogP contribution in [-0.2, 0) is 4.79 Å². The van der Waals surface area contributed by atoms with Gasteiger partial charge in [-0.1, -0.05) is 44.3 Å². The lowest BCUT2D eigenvalue weighted by Gasteiger charge is -2.28. The summed E-state index contributed by atoms with van der Waals surface area (Å²) in [5.74, 6) is 1.03. The van der Waals surface area contributed by atoms with E-state index in [0.29, 0.717) is 24.4 Å². The summed E-state index contributed by atoms with van der Waals surface area (Å²) in [6, 6.07) is 0.230. The van der Waals surface area contributed by atoms with Gasteiger partial charge in [0.2, 0.25) is 5.91 Å². The standard InChI is InChI=1S/C15H28N2OS/c1-12(2)17(11-10-14(16)19)15(18)9-8-13-6-4-3-5-7-13/h12-13H,3-11H2,1-2H3,(H2,16,19). The van der Waals surface area contributed by atoms with Crippen molar-refractivity contribution >= 4 is 23.1 Å². The molecule has 1 amide bonds. The maximum atomic E-state index is 12.3. The minimum Gasteiger partial charge on any atom is -0.393 e. The third-order valence-corrected chi connectivity index (χ3v) is 4.24. The van der Waals surface area contributed by atoms with Crippen LogP contribution in [0.15, 0.2) is 0 Å². The molecule has 3 nitrogen and oxygen atoms in total. The van der Waals surface area contributed by atoms with Crippen molar-refractivity contribution in [1.82, 2.24) is 4.90 Å². The smallest absolute Gasteiger partial charge is 0.222 e. The number of carbonyl (C=O) groups excluding carboxylic acids is 1. The summed E-state index contributed by atoms with van der Waals surface area (Å²) in [6.07, 6.45) is 9.03. The molecule has 0 bridgehead atoms. The topological polar surface area (TPSA) is 46.3 Å². The molecule has 1 saturated carbocycles. The predicted molar refractivity (Wildman–Crippen MR) is 84.1 cm³/mol. The number of nitrogens with two attached hydrogens (primary N) is 1. The van der Waals surface area contributed by atoms with Crippen molar-refractivity contribution in [1.29, 1.82) is 0 Å². The summed E-state index contributed by atoms with van der Waals surface area (Å²) in [6.45, 7) is 4.77. The van der Waals surface area contributed by atoms with E-state index >= 15 is 0 Å². The first-order chi connectivity index (χ1) is 9.00. The highest BCUT2D eigenvalue weighted by Crippen LogP contribution is 2.27. The maximum absolute atomic E-state index is 12.3. The van der Waals surface area contributed by atoms with E-state index in [1.165, 1.54) is 32.1 Å². The van der Waals surface area contributed by atoms with Crippen LogP contribution < -0.4 is 5.73 Å². The van der Waals surface area contributed by atoms with Crippen LogP contribution in [0.3, 0.4) is 0 Å². The molecule has 0 radical (unpaired) electrons. The molecule has 1 aliphatic carbocycles. The first-order valence-electron chi connectivity index (χ1n) is 7.58. The number of hydrogen-bond acceptors (Lipinski definition) is 2. The summed E-state index contributed by atoms with van der Waals surface area (Å²) in [4.78, 5) is 14.7. The highest BCUT2D eigenvalue weighted by molar-refractivity contribution is 7.80. The van der Waals surface area contributed by atoms with Crippen molar-refractivity contribution in [3.63, 3.8) is 0 Å². The lowest BCUT2D eigenvalue weighted by molar-refractivity contribution is -0.133. The minimum atomic E-state index is 0.230. The predicted octanol–water partition coefficient (Wildman–Crippen LogP) is 3.26. The van der Waals surface area contributed by atoms with Crippen molar-refractivity contribution < 1.29 is 4.79 Å². The molecule has 0 saturated heterocycles. The van der Waals surface area contributed by atoms with E-state index in [-0.39, 0.29) is 11.9 Å². The van der Waals surface area contributed by atoms with E-state index < -0.39 is 0 Å². The number of nitrogens with zero attached hydrogens (tertiary/aromatic N) is 1. The van der Waals surface area contributed by atoms with Gasteiger partial charge in [0.25, 0.3) is 0 Å². The molecule has 0 atom stereocenters. The SMILES string of the molecule is CC(C)N(CCC(N)=S)C(=O)CCC1CCCCC1. The molecule has 1 fully saturated rings. The van der Waals surface area contributed by atoms with Gasteiger partial charge in [0.15, 0.2) is 0 Å². The van der Waals surface area contributed by atoms with Gasteiger partial charge in [-0.3, -0.25) is 4.79 Å². The third-order valence-electron chi connectivity index (χ3n) is 4.03. The van der Waals surface area contributed by atoms with Crippen LogP contribution in [0.5, 0.6) is 0 Å². The van der Waals surface area contributed by atoms with E-state index in [1.807, 2.05) is 4.90 Å². The second kappa shape index (κ2) is 8.51. The highest BCUT2D eigenvalue weighted by atomic mass is 32.1. The molecule has 2 N–H and O–H groups in total. The summed E-state index contributed by atoms with van der Waals surface area (Å²) in [5, 5.41) is 0. The van der Waals surface area contributed by atoms with Gasteiger partial charge in [0.05, 0.1) is 4.99 Å². The number of amides is 1. The molecule has 110 valence electrons. The van der Waals surface area contributed by atoms with E-state index in [4.69, 9.17) is 18.0 Å². The fourth-order valence-electron chi connectivity index (χ4n) is 2.85. The first-order valence-corrected chi connectivity index (χ1v) is 7.99. The Kier molecular flexibility index (Phi) is 7.36. The van der Waals surface area contributed by atoms with Gasteiger partial charge >= 0.3 is 0 Å². The molecule has 0 aromatic rings. The van der Waals surface area contributed by atoms with Crippen LogP contribution in [0.1, 0.15) is 65.2 Å². The Balaban J connectivity index is 2.36. The maximum Gasteiger partial charge on any atom is 0.222 e. The van der Waals surface area contributed by atoms with Gasteiger partial charge in [-0.25, -0.2) is 0 Å². The zero-order chi connectivity index (χ0) is 14.3. The molecule has 0 aromatic carbocycles. The summed E-state index contributed by atoms with van der Waals surface area (Å²) in [7, 11) is 0. The average Bonchev–Trinajstić information content (AvgIpc) is 2.37. The molecule has 0 heterocycles. The van der Waals surface area contributed by atoms with Gasteiger partial charge in [-0.05, 0) is 26.2 Å². The quantitative estimate of drug-likeness (QED) is 0.730. The normalized spacial score (nSPS) is 16.6. The molecule has 0 unspecified atom stereocenters. The number of rotatable bonds is 7. The fraction of sp³-hybridized carbons (Fsp3) is 0.867. The Labute approximate surface area is 122 Å². The number of carbonyl (C=O) groups is 1. The lowest BCUT2D eigenvalue weighted by Crippen LogP contribution is -2.39. The van der Waals surface area contributed by atoms with Crippen molar-refractivity contribution in [3.05, 3.63) is 0 Å². The summed E-state index contributed by atoms with van der Waals surface area (Å²) < 4.78 is 0. The Morgan fingerprint density at radius 3 is 2.42 bits per heavy atom. The zero-order valence-electron chi connectivity index (χ0n) is 12.4. The molecule has 1 aliphatic rings. The van der Waals surface area contributed by atoms with Gasteiger partial charge in [0, 0.05) is 25.4 Å². The van der Waals surface area contributed by atoms with Crippen LogP contribution in [0.25, 0.3) is 0 Å². The fourth-order valence-corrected chi connectivity index (χ4v) is 2.94. The van der Waals surface area contributed by atoms with Gasteiger partial charge in [0.1, 0.15) is 0 Å². The molecular formula is C15H28N2OS. The van der Waals surface area contributed by atoms with Crippen LogP contribution >= 0.6 is 12.2 Å². The monoisotopic (exact) mass is 284 g/mol. The van der Waals surface area contributed by atoms with Gasteiger partial charge in [-0.2, -0.15) is 0 Å². The third kappa shape index (κ3) is 6.37. The highest BCUT2D eigenvalue weighted by Gasteiger charge is 2.19. The van der Waals surface area contributed by atoms with Gasteiger partial charge in [-0.15, -0.1) is 0 Å². The second-order valence-electron chi connectivity index (χ2n) is 5.94. The Hall–Kier alpha value is -0.640. The van der Waals surface area contributed by atoms with Crippen LogP contribution in [-0.4, -0.2) is 28.4 Å². The molecular weight excluding hydrogens is 256 g/mol. The van der Waals surface area contributed by atoms with E-state index in [0.717, 1.165) is 12.3 Å². The molecule has 0 spiro atoms. The summed E-state index contributed by atoms with van der Waals surface area (Å²) in [5.41, 5.74) is 5.53. The van der Waals surface area contributed by atoms with Crippen LogP contribution in [0.4, 0.5) is 0 Å². The van der Waals surface area contributed by atoms with Crippen molar-refractivity contribution in [2.75, 3.05) is 6.54 Å². The van der Waals surface area contributed by atoms with E-state index in [9.17, 15) is 4.79 Å². The molecule has 4 heteroatoms. The van der Waals surface area contributed by atoms with Crippen LogP contribution in [0.2, 0.25) is 0 Å². The minimum absolute atomic E-state index is 0.230. The molecule has 0 aliphatic heterocycles. The van der Waals surface area contributed by atoms with Crippen molar-refractivity contribution in [2.45, 2.75) is 71.3 Å². The number of thiocarbonyl (C=S) groups is 1. The molecule has 1 rings (SSSR count). The number of hydrogen-bond donors (Lipinski definition) is 1. The second-order valence-corrected chi connectivity index (χ2v) is 6.46. The van der Waals surface area contributed by atoms with Crippen molar-refractivity contribution in [2.24, 2.45) is 11.7 Å². The van der Waals surface area contributed by atoms with Gasteiger partial charge < -0.3 is 10.6 Å². The van der Waals surface area contributed by atoms with E-state index in [2.05, 4.69) is 13.8 Å². The average molecular weight is 284 g/mol. The van der Waals surface area contributed by atoms with Crippen LogP contribution in [0, 0.1) is 5.92 Å². The summed E-state index contributed by atoms with van der Waals surface area (Å²) >= 11 is 4.89. The lowest BCUT2D eigenvalue weighted by atomic mass is 9.86. The Morgan fingerprint density at radius 2 is 1.89 bits per heavy atom. The zero-order valence-corrected chi connectivity index (χ0v) is 13.2. The van der Waals surface area contributed by atoms with Crippen molar-refractivity contribution in [3.8, 4) is 0 Å². The first kappa shape index (κ1) is 16.4. The molecule has 19 heavy (non-hydrogen) atoms. The Bertz CT molecular complexity index is 299. The van der Waals surface area contributed by atoms with E-state index in [1.54, 1.807) is 0 Å². The largest absolute Gasteiger partial charge is 0.393 e. The molecule has 0 aromatic heterocycles.